The quantitative estimate of drug-likeness (QED) is 0.232. The van der Waals surface area contributed by atoms with E-state index in [0.717, 1.165) is 37.4 Å². The summed E-state index contributed by atoms with van der Waals surface area (Å²) in [5, 5.41) is 15.0. The number of piperidine rings is 2. The fourth-order valence-corrected chi connectivity index (χ4v) is 11.4. The SMILES string of the molecule is CC(C)N(CC1[C@@H]2CN(c3ncc(C(=O)NC4C(C)(C)C(Oc5ccc(C#N)c(Cl)c5)C4(C)C)cn3)C[C@@H]12)C1CC(Oc2ccc3c(c2)C(=O)N([C@H]2CCC(=O)NC2=O)C3=O)C1. The van der Waals surface area contributed by atoms with Crippen molar-refractivity contribution in [2.75, 3.05) is 24.5 Å². The van der Waals surface area contributed by atoms with Crippen molar-refractivity contribution in [2.24, 2.45) is 28.6 Å². The fraction of sp³-hybridized carbons (Fsp3) is 0.522. The molecule has 3 aliphatic carbocycles. The summed E-state index contributed by atoms with van der Waals surface area (Å²) in [6.45, 7) is 15.5. The molecule has 0 spiro atoms. The molecule has 15 nitrogen and oxygen atoms in total. The Morgan fingerprint density at radius 1 is 0.968 bits per heavy atom. The zero-order chi connectivity index (χ0) is 44.0. The van der Waals surface area contributed by atoms with E-state index in [2.05, 4.69) is 78.0 Å². The van der Waals surface area contributed by atoms with Crippen molar-refractivity contribution in [3.05, 3.63) is 76.1 Å². The number of aromatic nitrogens is 2. The van der Waals surface area contributed by atoms with Crippen LogP contribution in [0.3, 0.4) is 0 Å². The second kappa shape index (κ2) is 15.3. The van der Waals surface area contributed by atoms with E-state index in [1.165, 1.54) is 0 Å². The lowest BCUT2D eigenvalue weighted by Crippen LogP contribution is -2.74. The molecule has 0 bridgehead atoms. The monoisotopic (exact) mass is 862 g/mol. The molecule has 324 valence electrons. The summed E-state index contributed by atoms with van der Waals surface area (Å²) in [5.74, 6) is 1.06. The molecule has 9 rings (SSSR count). The Balaban J connectivity index is 0.739. The van der Waals surface area contributed by atoms with Gasteiger partial charge in [0.1, 0.15) is 35.8 Å². The van der Waals surface area contributed by atoms with Gasteiger partial charge < -0.3 is 19.7 Å². The molecule has 0 radical (unpaired) electrons. The number of anilines is 1. The van der Waals surface area contributed by atoms with Gasteiger partial charge in [0.25, 0.3) is 17.7 Å². The van der Waals surface area contributed by atoms with Gasteiger partial charge in [-0.25, -0.2) is 9.97 Å². The number of nitriles is 1. The lowest BCUT2D eigenvalue weighted by atomic mass is 9.49. The van der Waals surface area contributed by atoms with Crippen LogP contribution in [0, 0.1) is 39.9 Å². The third-order valence-corrected chi connectivity index (χ3v) is 14.6. The molecule has 5 fully saturated rings. The number of rotatable bonds is 12. The summed E-state index contributed by atoms with van der Waals surface area (Å²) < 4.78 is 12.7. The highest BCUT2D eigenvalue weighted by molar-refractivity contribution is 6.31. The first-order valence-corrected chi connectivity index (χ1v) is 21.9. The van der Waals surface area contributed by atoms with E-state index >= 15 is 0 Å². The van der Waals surface area contributed by atoms with Crippen molar-refractivity contribution >= 4 is 47.1 Å². The Hall–Kier alpha value is -5.59. The molecule has 16 heteroatoms. The van der Waals surface area contributed by atoms with Crippen molar-refractivity contribution < 1.29 is 33.4 Å². The zero-order valence-electron chi connectivity index (χ0n) is 35.7. The summed E-state index contributed by atoms with van der Waals surface area (Å²) in [6, 6.07) is 11.5. The van der Waals surface area contributed by atoms with Gasteiger partial charge in [-0.3, -0.25) is 39.1 Å². The molecular weight excluding hydrogens is 812 g/mol. The van der Waals surface area contributed by atoms with Crippen LogP contribution in [0.5, 0.6) is 11.5 Å². The van der Waals surface area contributed by atoms with Crippen molar-refractivity contribution in [2.45, 2.75) is 104 Å². The van der Waals surface area contributed by atoms with Gasteiger partial charge in [-0.05, 0) is 68.4 Å². The molecule has 2 aromatic carbocycles. The van der Waals surface area contributed by atoms with Gasteiger partial charge in [-0.1, -0.05) is 39.3 Å². The van der Waals surface area contributed by atoms with Crippen LogP contribution < -0.4 is 25.0 Å². The Bertz CT molecular complexity index is 2380. The van der Waals surface area contributed by atoms with E-state index in [0.29, 0.717) is 63.4 Å². The highest BCUT2D eigenvalue weighted by atomic mass is 35.5. The lowest BCUT2D eigenvalue weighted by molar-refractivity contribution is -0.164. The molecule has 3 aliphatic heterocycles. The number of fused-ring (bicyclic) bond motifs is 2. The van der Waals surface area contributed by atoms with Crippen LogP contribution in [-0.2, 0) is 9.59 Å². The number of ether oxygens (including phenoxy) is 2. The number of amides is 5. The molecule has 5 amide bonds. The van der Waals surface area contributed by atoms with Gasteiger partial charge in [0.2, 0.25) is 17.8 Å². The molecule has 2 N–H and O–H groups in total. The van der Waals surface area contributed by atoms with Crippen LogP contribution in [0.2, 0.25) is 5.02 Å². The zero-order valence-corrected chi connectivity index (χ0v) is 36.4. The minimum Gasteiger partial charge on any atom is -0.490 e. The Morgan fingerprint density at radius 2 is 1.61 bits per heavy atom. The summed E-state index contributed by atoms with van der Waals surface area (Å²) in [4.78, 5) is 79.0. The number of carbonyl (C=O) groups is 5. The van der Waals surface area contributed by atoms with E-state index in [-0.39, 0.29) is 48.1 Å². The van der Waals surface area contributed by atoms with Crippen LogP contribution in [0.15, 0.2) is 48.8 Å². The summed E-state index contributed by atoms with van der Waals surface area (Å²) >= 11 is 6.25. The minimum absolute atomic E-state index is 0.0214. The molecular formula is C46H51ClN8O7. The maximum absolute atomic E-state index is 13.5. The second-order valence-electron chi connectivity index (χ2n) is 19.3. The number of hydrogen-bond acceptors (Lipinski definition) is 12. The van der Waals surface area contributed by atoms with Gasteiger partial charge in [-0.15, -0.1) is 0 Å². The highest BCUT2D eigenvalue weighted by Gasteiger charge is 2.64. The van der Waals surface area contributed by atoms with E-state index in [4.69, 9.17) is 21.1 Å². The van der Waals surface area contributed by atoms with E-state index in [1.807, 2.05) is 0 Å². The van der Waals surface area contributed by atoms with Crippen molar-refractivity contribution in [1.29, 1.82) is 5.26 Å². The van der Waals surface area contributed by atoms with Gasteiger partial charge in [0, 0.05) is 86.3 Å². The molecule has 62 heavy (non-hydrogen) atoms. The molecule has 1 aromatic heterocycles. The number of benzene rings is 2. The summed E-state index contributed by atoms with van der Waals surface area (Å²) in [5.41, 5.74) is 0.445. The normalized spacial score (nSPS) is 29.0. The van der Waals surface area contributed by atoms with E-state index in [1.54, 1.807) is 48.8 Å². The van der Waals surface area contributed by atoms with E-state index in [9.17, 15) is 29.2 Å². The predicted molar refractivity (Wildman–Crippen MR) is 227 cm³/mol. The first-order valence-electron chi connectivity index (χ1n) is 21.5. The van der Waals surface area contributed by atoms with Crippen LogP contribution >= 0.6 is 11.6 Å². The Kier molecular flexibility index (Phi) is 10.3. The van der Waals surface area contributed by atoms with Crippen molar-refractivity contribution in [3.8, 4) is 17.6 Å². The first-order chi connectivity index (χ1) is 29.5. The molecule has 4 heterocycles. The van der Waals surface area contributed by atoms with Gasteiger partial charge >= 0.3 is 0 Å². The van der Waals surface area contributed by atoms with Gasteiger partial charge in [0.05, 0.1) is 27.3 Å². The molecule has 3 atom stereocenters. The predicted octanol–water partition coefficient (Wildman–Crippen LogP) is 5.02. The molecule has 6 aliphatic rings. The standard InChI is InChI=1S/C46H51ClN8O7/c1-23(2)54(26-13-29(14-26)61-27-9-10-30-31(15-27)41(60)55(40(30)59)36-11-12-37(56)51-39(36)58)22-34-32-20-53(21-33(32)34)44-49-18-25(19-50-44)38(57)52-42-45(3,4)43(46(42,5)6)62-28-8-7-24(17-48)35(47)16-28/h7-10,15-16,18-19,23,26,29,32-34,36,42-43H,11-14,20-22H2,1-6H3,(H,52,57)(H,51,56,58)/t26?,29?,32-,33-,36+,42?,43?/m1/s1. The number of halogens is 1. The van der Waals surface area contributed by atoms with E-state index < -0.39 is 40.5 Å². The fourth-order valence-electron chi connectivity index (χ4n) is 11.1. The summed E-state index contributed by atoms with van der Waals surface area (Å²) in [7, 11) is 0. The third kappa shape index (κ3) is 7.14. The van der Waals surface area contributed by atoms with Gasteiger partial charge in [-0.2, -0.15) is 5.26 Å². The van der Waals surface area contributed by atoms with Crippen molar-refractivity contribution in [1.82, 2.24) is 30.4 Å². The number of imide groups is 2. The van der Waals surface area contributed by atoms with Crippen LogP contribution in [0.25, 0.3) is 0 Å². The Labute approximate surface area is 365 Å². The molecule has 3 aromatic rings. The highest BCUT2D eigenvalue weighted by Crippen LogP contribution is 2.56. The molecule has 2 saturated heterocycles. The first kappa shape index (κ1) is 41.7. The molecule has 3 saturated carbocycles. The van der Waals surface area contributed by atoms with Crippen LogP contribution in [0.1, 0.15) is 104 Å². The number of carbonyl (C=O) groups excluding carboxylic acids is 5. The average molecular weight is 863 g/mol. The lowest BCUT2D eigenvalue weighted by Gasteiger charge is -2.63. The third-order valence-electron chi connectivity index (χ3n) is 14.3. The number of nitrogens with zero attached hydrogens (tertiary/aromatic N) is 6. The van der Waals surface area contributed by atoms with Crippen LogP contribution in [-0.4, -0.2) is 105 Å². The molecule has 0 unspecified atom stereocenters. The Morgan fingerprint density at radius 3 is 2.24 bits per heavy atom. The van der Waals surface area contributed by atoms with Crippen LogP contribution in [0.4, 0.5) is 5.95 Å². The second-order valence-corrected chi connectivity index (χ2v) is 19.7. The largest absolute Gasteiger partial charge is 0.490 e. The van der Waals surface area contributed by atoms with Gasteiger partial charge in [0.15, 0.2) is 0 Å². The maximum Gasteiger partial charge on any atom is 0.262 e. The van der Waals surface area contributed by atoms with Crippen molar-refractivity contribution in [3.63, 3.8) is 0 Å². The number of hydrogen-bond donors (Lipinski definition) is 2. The minimum atomic E-state index is -1.01. The topological polar surface area (TPSA) is 187 Å². The maximum atomic E-state index is 13.5. The smallest absolute Gasteiger partial charge is 0.262 e. The average Bonchev–Trinajstić information content (AvgIpc) is 3.52. The summed E-state index contributed by atoms with van der Waals surface area (Å²) in [6.07, 6.45) is 4.86. The number of nitrogens with one attached hydrogen (secondary N) is 2.